The van der Waals surface area contributed by atoms with Crippen molar-refractivity contribution in [3.63, 3.8) is 0 Å². The molecule has 0 radical (unpaired) electrons. The highest BCUT2D eigenvalue weighted by Crippen LogP contribution is 2.33. The summed E-state index contributed by atoms with van der Waals surface area (Å²) in [5.74, 6) is -1.55. The Morgan fingerprint density at radius 3 is 2.36 bits per heavy atom. The minimum Gasteiger partial charge on any atom is -0.466 e. The summed E-state index contributed by atoms with van der Waals surface area (Å²) in [6.45, 7) is 5.90. The van der Waals surface area contributed by atoms with E-state index in [9.17, 15) is 19.5 Å². The van der Waals surface area contributed by atoms with Gasteiger partial charge in [-0.3, -0.25) is 4.79 Å². The van der Waals surface area contributed by atoms with E-state index in [1.54, 1.807) is 18.2 Å². The predicted molar refractivity (Wildman–Crippen MR) is 103 cm³/mol. The van der Waals surface area contributed by atoms with Crippen LogP contribution in [0.25, 0.3) is 0 Å². The number of amides is 1. The van der Waals surface area contributed by atoms with E-state index in [1.165, 1.54) is 19.1 Å². The van der Waals surface area contributed by atoms with E-state index in [0.29, 0.717) is 11.3 Å². The number of nitrogens with one attached hydrogen (secondary N) is 1. The van der Waals surface area contributed by atoms with Gasteiger partial charge in [-0.05, 0) is 23.1 Å². The standard InChI is InChI=1S/C20H26N2O6/c1-20(2,3)14-7-6-12(18(25)27-4)10-15(14)21-16-13(19(26)28-5)11-22(8-9-23)17(16)24/h6-7,10,21,23H,8-9,11H2,1-5H3. The maximum atomic E-state index is 12.8. The molecule has 1 heterocycles. The number of β-amino-alcohol motifs (C(OH)–C–C–N with tert-alkyl or cyclic N) is 1. The normalized spacial score (nSPS) is 14.4. The number of aliphatic hydroxyl groups is 1. The van der Waals surface area contributed by atoms with Crippen LogP contribution in [0.4, 0.5) is 5.69 Å². The largest absolute Gasteiger partial charge is 0.466 e. The number of benzene rings is 1. The Morgan fingerprint density at radius 1 is 1.18 bits per heavy atom. The van der Waals surface area contributed by atoms with Gasteiger partial charge in [-0.1, -0.05) is 26.8 Å². The average Bonchev–Trinajstić information content (AvgIpc) is 2.96. The van der Waals surface area contributed by atoms with E-state index in [-0.39, 0.29) is 36.4 Å². The Hall–Kier alpha value is -2.87. The molecule has 8 nitrogen and oxygen atoms in total. The van der Waals surface area contributed by atoms with Crippen molar-refractivity contribution < 1.29 is 29.0 Å². The second-order valence-electron chi connectivity index (χ2n) is 7.42. The Kier molecular flexibility index (Phi) is 6.45. The predicted octanol–water partition coefficient (Wildman–Crippen LogP) is 1.44. The fraction of sp³-hybridized carbons (Fsp3) is 0.450. The highest BCUT2D eigenvalue weighted by molar-refractivity contribution is 6.08. The molecular weight excluding hydrogens is 364 g/mol. The summed E-state index contributed by atoms with van der Waals surface area (Å²) in [6, 6.07) is 5.04. The number of methoxy groups -OCH3 is 2. The first kappa shape index (κ1) is 21.4. The molecule has 0 bridgehead atoms. The summed E-state index contributed by atoms with van der Waals surface area (Å²) < 4.78 is 9.58. The van der Waals surface area contributed by atoms with E-state index in [1.807, 2.05) is 20.8 Å². The monoisotopic (exact) mass is 390 g/mol. The van der Waals surface area contributed by atoms with Crippen molar-refractivity contribution in [1.82, 2.24) is 4.90 Å². The number of nitrogens with zero attached hydrogens (tertiary/aromatic N) is 1. The number of rotatable bonds is 6. The molecule has 0 aromatic heterocycles. The lowest BCUT2D eigenvalue weighted by atomic mass is 9.85. The summed E-state index contributed by atoms with van der Waals surface area (Å²) in [5.41, 5.74) is 1.64. The summed E-state index contributed by atoms with van der Waals surface area (Å²) >= 11 is 0. The smallest absolute Gasteiger partial charge is 0.337 e. The van der Waals surface area contributed by atoms with Crippen molar-refractivity contribution in [2.24, 2.45) is 0 Å². The van der Waals surface area contributed by atoms with Gasteiger partial charge >= 0.3 is 11.9 Å². The third-order valence-electron chi connectivity index (χ3n) is 4.46. The van der Waals surface area contributed by atoms with Gasteiger partial charge in [0.15, 0.2) is 0 Å². The first-order valence-electron chi connectivity index (χ1n) is 8.85. The van der Waals surface area contributed by atoms with Crippen LogP contribution >= 0.6 is 0 Å². The molecule has 2 rings (SSSR count). The molecule has 0 atom stereocenters. The molecule has 0 saturated carbocycles. The molecule has 1 aliphatic heterocycles. The molecule has 152 valence electrons. The van der Waals surface area contributed by atoms with Gasteiger partial charge in [-0.2, -0.15) is 0 Å². The Morgan fingerprint density at radius 2 is 1.82 bits per heavy atom. The van der Waals surface area contributed by atoms with Crippen molar-refractivity contribution >= 4 is 23.5 Å². The third-order valence-corrected chi connectivity index (χ3v) is 4.46. The maximum Gasteiger partial charge on any atom is 0.337 e. The zero-order valence-corrected chi connectivity index (χ0v) is 16.8. The first-order chi connectivity index (χ1) is 13.1. The van der Waals surface area contributed by atoms with Crippen LogP contribution in [0.2, 0.25) is 0 Å². The molecule has 1 amide bonds. The number of aliphatic hydroxyl groups excluding tert-OH is 1. The van der Waals surface area contributed by atoms with Gasteiger partial charge in [-0.25, -0.2) is 9.59 Å². The third kappa shape index (κ3) is 4.33. The summed E-state index contributed by atoms with van der Waals surface area (Å²) in [4.78, 5) is 38.2. The van der Waals surface area contributed by atoms with Crippen molar-refractivity contribution in [1.29, 1.82) is 0 Å². The molecule has 28 heavy (non-hydrogen) atoms. The van der Waals surface area contributed by atoms with Crippen LogP contribution in [0.1, 0.15) is 36.7 Å². The number of esters is 2. The second kappa shape index (κ2) is 8.43. The van der Waals surface area contributed by atoms with Crippen molar-refractivity contribution in [2.45, 2.75) is 26.2 Å². The van der Waals surface area contributed by atoms with Crippen molar-refractivity contribution in [3.8, 4) is 0 Å². The zero-order chi connectivity index (χ0) is 21.1. The van der Waals surface area contributed by atoms with Gasteiger partial charge in [0.05, 0.1) is 38.5 Å². The number of hydrogen-bond donors (Lipinski definition) is 2. The number of ether oxygens (including phenoxy) is 2. The van der Waals surface area contributed by atoms with Crippen LogP contribution in [-0.2, 0) is 24.5 Å². The molecule has 0 saturated heterocycles. The molecule has 0 spiro atoms. The topological polar surface area (TPSA) is 105 Å². The van der Waals surface area contributed by atoms with Gasteiger partial charge in [0.1, 0.15) is 5.70 Å². The number of carbonyl (C=O) groups excluding carboxylic acids is 3. The molecule has 0 unspecified atom stereocenters. The van der Waals surface area contributed by atoms with E-state index in [0.717, 1.165) is 5.56 Å². The van der Waals surface area contributed by atoms with E-state index in [4.69, 9.17) is 9.47 Å². The van der Waals surface area contributed by atoms with Crippen LogP contribution in [0.5, 0.6) is 0 Å². The molecule has 1 aromatic rings. The van der Waals surface area contributed by atoms with Gasteiger partial charge in [0.2, 0.25) is 0 Å². The van der Waals surface area contributed by atoms with E-state index < -0.39 is 17.8 Å². The average molecular weight is 390 g/mol. The molecule has 1 aliphatic rings. The minimum absolute atomic E-state index is 0.0376. The summed E-state index contributed by atoms with van der Waals surface area (Å²) in [5, 5.41) is 12.2. The van der Waals surface area contributed by atoms with Gasteiger partial charge in [-0.15, -0.1) is 0 Å². The fourth-order valence-electron chi connectivity index (χ4n) is 3.03. The van der Waals surface area contributed by atoms with Crippen LogP contribution in [0, 0.1) is 0 Å². The first-order valence-corrected chi connectivity index (χ1v) is 8.85. The Labute approximate surface area is 164 Å². The molecule has 1 aromatic carbocycles. The van der Waals surface area contributed by atoms with E-state index in [2.05, 4.69) is 5.32 Å². The summed E-state index contributed by atoms with van der Waals surface area (Å²) in [7, 11) is 2.53. The lowest BCUT2D eigenvalue weighted by Crippen LogP contribution is -2.31. The summed E-state index contributed by atoms with van der Waals surface area (Å²) in [6.07, 6.45) is 0. The molecule has 2 N–H and O–H groups in total. The van der Waals surface area contributed by atoms with Crippen LogP contribution in [-0.4, -0.2) is 61.8 Å². The zero-order valence-electron chi connectivity index (χ0n) is 16.8. The quantitative estimate of drug-likeness (QED) is 0.708. The SMILES string of the molecule is COC(=O)C1=C(Nc2cc(C(=O)OC)ccc2C(C)(C)C)C(=O)N(CCO)C1. The van der Waals surface area contributed by atoms with Crippen LogP contribution in [0.15, 0.2) is 29.5 Å². The highest BCUT2D eigenvalue weighted by atomic mass is 16.5. The fourth-order valence-corrected chi connectivity index (χ4v) is 3.03. The molecule has 0 aliphatic carbocycles. The molecule has 8 heteroatoms. The van der Waals surface area contributed by atoms with Gasteiger partial charge in [0.25, 0.3) is 5.91 Å². The van der Waals surface area contributed by atoms with Crippen LogP contribution in [0.3, 0.4) is 0 Å². The van der Waals surface area contributed by atoms with Crippen LogP contribution < -0.4 is 5.32 Å². The number of hydrogen-bond acceptors (Lipinski definition) is 7. The van der Waals surface area contributed by atoms with Crippen molar-refractivity contribution in [2.75, 3.05) is 39.2 Å². The van der Waals surface area contributed by atoms with Crippen molar-refractivity contribution in [3.05, 3.63) is 40.6 Å². The Balaban J connectivity index is 2.54. The van der Waals surface area contributed by atoms with E-state index >= 15 is 0 Å². The highest BCUT2D eigenvalue weighted by Gasteiger charge is 2.35. The lowest BCUT2D eigenvalue weighted by molar-refractivity contribution is -0.136. The van der Waals surface area contributed by atoms with Gasteiger partial charge < -0.3 is 24.8 Å². The second-order valence-corrected chi connectivity index (χ2v) is 7.42. The lowest BCUT2D eigenvalue weighted by Gasteiger charge is -2.24. The van der Waals surface area contributed by atoms with Gasteiger partial charge in [0, 0.05) is 12.2 Å². The maximum absolute atomic E-state index is 12.8. The molecular formula is C20H26N2O6. The minimum atomic E-state index is -0.627. The number of carbonyl (C=O) groups is 3. The molecule has 0 fully saturated rings. The Bertz CT molecular complexity index is 822. The number of anilines is 1.